The minimum absolute atomic E-state index is 0.103. The number of nitrogens with zero attached hydrogens (tertiary/aromatic N) is 2. The SMILES string of the molecule is CNC(=O)c1ccc2cc(C3(O)CCn4cncc43)ccc2c1.O=C(O)[C@@H](O)[C@H](O)C(=O)Nc1ccccc1. The zero-order chi connectivity index (χ0) is 28.2. The molecule has 2 heterocycles. The Morgan fingerprint density at radius 1 is 0.974 bits per heavy atom. The Hall–Kier alpha value is -4.58. The van der Waals surface area contributed by atoms with Crippen LogP contribution in [-0.2, 0) is 21.7 Å². The van der Waals surface area contributed by atoms with E-state index in [-0.39, 0.29) is 5.91 Å². The quantitative estimate of drug-likeness (QED) is 0.216. The number of amides is 2. The number of nitrogens with one attached hydrogen (secondary N) is 2. The number of hydrogen-bond acceptors (Lipinski definition) is 7. The molecule has 0 aliphatic carbocycles. The minimum atomic E-state index is -2.14. The van der Waals surface area contributed by atoms with Gasteiger partial charge in [0.1, 0.15) is 5.60 Å². The third-order valence-electron chi connectivity index (χ3n) is 6.52. The zero-order valence-corrected chi connectivity index (χ0v) is 21.0. The van der Waals surface area contributed by atoms with Gasteiger partial charge in [-0.1, -0.05) is 36.4 Å². The fourth-order valence-electron chi connectivity index (χ4n) is 4.35. The third-order valence-corrected chi connectivity index (χ3v) is 6.52. The molecule has 39 heavy (non-hydrogen) atoms. The average molecular weight is 533 g/mol. The number of fused-ring (bicyclic) bond motifs is 2. The van der Waals surface area contributed by atoms with Gasteiger partial charge in [-0.3, -0.25) is 9.59 Å². The summed E-state index contributed by atoms with van der Waals surface area (Å²) in [7, 11) is 1.62. The van der Waals surface area contributed by atoms with E-state index in [2.05, 4.69) is 15.6 Å². The van der Waals surface area contributed by atoms with E-state index in [1.165, 1.54) is 0 Å². The van der Waals surface area contributed by atoms with E-state index in [0.29, 0.717) is 17.7 Å². The lowest BCUT2D eigenvalue weighted by molar-refractivity contribution is -0.156. The molecule has 2 amide bonds. The van der Waals surface area contributed by atoms with Crippen LogP contribution in [0.4, 0.5) is 5.69 Å². The van der Waals surface area contributed by atoms with Crippen molar-refractivity contribution in [3.8, 4) is 0 Å². The highest BCUT2D eigenvalue weighted by molar-refractivity contribution is 5.99. The Labute approximate surface area is 223 Å². The molecule has 5 rings (SSSR count). The summed E-state index contributed by atoms with van der Waals surface area (Å²) in [5.74, 6) is -2.73. The van der Waals surface area contributed by atoms with Gasteiger partial charge in [0.2, 0.25) is 0 Å². The highest BCUT2D eigenvalue weighted by Gasteiger charge is 2.39. The number of aromatic nitrogens is 2. The van der Waals surface area contributed by atoms with Gasteiger partial charge in [0.25, 0.3) is 11.8 Å². The van der Waals surface area contributed by atoms with E-state index in [4.69, 9.17) is 10.2 Å². The third kappa shape index (κ3) is 5.80. The lowest BCUT2D eigenvalue weighted by Crippen LogP contribution is -2.42. The topological polar surface area (TPSA) is 174 Å². The van der Waals surface area contributed by atoms with Crippen molar-refractivity contribution in [2.75, 3.05) is 12.4 Å². The van der Waals surface area contributed by atoms with Crippen LogP contribution in [-0.4, -0.2) is 67.0 Å². The second-order valence-electron chi connectivity index (χ2n) is 9.02. The fourth-order valence-corrected chi connectivity index (χ4v) is 4.35. The summed E-state index contributed by atoms with van der Waals surface area (Å²) < 4.78 is 1.99. The van der Waals surface area contributed by atoms with Crippen LogP contribution in [0.25, 0.3) is 10.8 Å². The summed E-state index contributed by atoms with van der Waals surface area (Å²) in [4.78, 5) is 37.4. The normalized spacial score (nSPS) is 17.3. The maximum Gasteiger partial charge on any atom is 0.335 e. The summed E-state index contributed by atoms with van der Waals surface area (Å²) in [5, 5.41) is 44.5. The first kappa shape index (κ1) is 27.5. The number of aliphatic hydroxyl groups excluding tert-OH is 2. The lowest BCUT2D eigenvalue weighted by Gasteiger charge is -2.23. The smallest absolute Gasteiger partial charge is 0.335 e. The van der Waals surface area contributed by atoms with Crippen molar-refractivity contribution in [3.63, 3.8) is 0 Å². The van der Waals surface area contributed by atoms with Gasteiger partial charge < -0.3 is 35.6 Å². The average Bonchev–Trinajstić information content (AvgIpc) is 3.56. The Balaban J connectivity index is 0.000000195. The van der Waals surface area contributed by atoms with Crippen molar-refractivity contribution in [3.05, 3.63) is 96.1 Å². The highest BCUT2D eigenvalue weighted by Crippen LogP contribution is 2.39. The molecule has 1 aromatic heterocycles. The molecule has 1 unspecified atom stereocenters. The first-order valence-corrected chi connectivity index (χ1v) is 12.1. The number of para-hydroxylation sites is 1. The summed E-state index contributed by atoms with van der Waals surface area (Å²) in [5.41, 5.74) is 1.73. The number of anilines is 1. The van der Waals surface area contributed by atoms with Gasteiger partial charge >= 0.3 is 5.97 Å². The number of carboxylic acids is 1. The molecule has 6 N–H and O–H groups in total. The molecule has 11 heteroatoms. The summed E-state index contributed by atoms with van der Waals surface area (Å²) in [6.45, 7) is 0.763. The minimum Gasteiger partial charge on any atom is -0.479 e. The van der Waals surface area contributed by atoms with Crippen LogP contribution in [0.2, 0.25) is 0 Å². The van der Waals surface area contributed by atoms with Crippen molar-refractivity contribution in [2.45, 2.75) is 30.8 Å². The van der Waals surface area contributed by atoms with Gasteiger partial charge in [-0.15, -0.1) is 0 Å². The van der Waals surface area contributed by atoms with E-state index in [9.17, 15) is 24.6 Å². The number of hydrogen-bond donors (Lipinski definition) is 6. The number of carbonyl (C=O) groups is 3. The molecule has 4 aromatic rings. The van der Waals surface area contributed by atoms with Crippen molar-refractivity contribution in [1.29, 1.82) is 0 Å². The molecule has 1 aliphatic heterocycles. The van der Waals surface area contributed by atoms with E-state index < -0.39 is 29.7 Å². The van der Waals surface area contributed by atoms with Crippen LogP contribution in [0.15, 0.2) is 79.3 Å². The first-order chi connectivity index (χ1) is 18.6. The number of aliphatic carboxylic acids is 1. The second-order valence-corrected chi connectivity index (χ2v) is 9.02. The van der Waals surface area contributed by atoms with Crippen LogP contribution in [0.3, 0.4) is 0 Å². The van der Waals surface area contributed by atoms with E-state index in [0.717, 1.165) is 28.6 Å². The Kier molecular flexibility index (Phi) is 8.05. The number of benzene rings is 3. The maximum atomic E-state index is 11.7. The summed E-state index contributed by atoms with van der Waals surface area (Å²) >= 11 is 0. The van der Waals surface area contributed by atoms with Crippen LogP contribution < -0.4 is 10.6 Å². The van der Waals surface area contributed by atoms with Crippen LogP contribution >= 0.6 is 0 Å². The number of imidazole rings is 1. The Morgan fingerprint density at radius 3 is 2.36 bits per heavy atom. The number of carboxylic acid groups (broad SMARTS) is 1. The molecule has 0 radical (unpaired) electrons. The van der Waals surface area contributed by atoms with Gasteiger partial charge in [0, 0.05) is 31.3 Å². The van der Waals surface area contributed by atoms with Crippen LogP contribution in [0.5, 0.6) is 0 Å². The van der Waals surface area contributed by atoms with Gasteiger partial charge in [0.15, 0.2) is 12.2 Å². The molecule has 3 atom stereocenters. The van der Waals surface area contributed by atoms with Crippen LogP contribution in [0, 0.1) is 0 Å². The predicted octanol–water partition coefficient (Wildman–Crippen LogP) is 1.47. The second kappa shape index (κ2) is 11.4. The molecule has 1 aliphatic rings. The summed E-state index contributed by atoms with van der Waals surface area (Å²) in [6.07, 6.45) is -0.0100. The molecule has 11 nitrogen and oxygen atoms in total. The van der Waals surface area contributed by atoms with Crippen molar-refractivity contribution >= 4 is 34.2 Å². The summed E-state index contributed by atoms with van der Waals surface area (Å²) in [6, 6.07) is 19.6. The molecule has 202 valence electrons. The van der Waals surface area contributed by atoms with E-state index in [1.54, 1.807) is 56.0 Å². The number of aryl methyl sites for hydroxylation is 1. The van der Waals surface area contributed by atoms with Crippen molar-refractivity contribution in [2.24, 2.45) is 0 Å². The lowest BCUT2D eigenvalue weighted by atomic mass is 9.88. The molecule has 0 fully saturated rings. The number of rotatable bonds is 6. The molecular formula is C28H28N4O7. The molecule has 0 saturated carbocycles. The number of aliphatic hydroxyl groups is 3. The molecule has 0 bridgehead atoms. The largest absolute Gasteiger partial charge is 0.479 e. The van der Waals surface area contributed by atoms with Gasteiger partial charge in [-0.25, -0.2) is 9.78 Å². The maximum absolute atomic E-state index is 11.7. The van der Waals surface area contributed by atoms with E-state index >= 15 is 0 Å². The van der Waals surface area contributed by atoms with Gasteiger partial charge in [0.05, 0.1) is 18.2 Å². The van der Waals surface area contributed by atoms with Crippen molar-refractivity contribution < 1.29 is 34.8 Å². The van der Waals surface area contributed by atoms with Crippen LogP contribution in [0.1, 0.15) is 28.0 Å². The molecule has 0 spiro atoms. The number of carbonyl (C=O) groups excluding carboxylic acids is 2. The molecular weight excluding hydrogens is 504 g/mol. The fraction of sp³-hybridized carbons (Fsp3) is 0.214. The van der Waals surface area contributed by atoms with Crippen molar-refractivity contribution in [1.82, 2.24) is 14.9 Å². The Morgan fingerprint density at radius 2 is 1.67 bits per heavy atom. The Bertz CT molecular complexity index is 1500. The first-order valence-electron chi connectivity index (χ1n) is 12.1. The highest BCUT2D eigenvalue weighted by atomic mass is 16.4. The van der Waals surface area contributed by atoms with Gasteiger partial charge in [-0.2, -0.15) is 0 Å². The van der Waals surface area contributed by atoms with E-state index in [1.807, 2.05) is 34.9 Å². The monoisotopic (exact) mass is 532 g/mol. The van der Waals surface area contributed by atoms with Gasteiger partial charge in [-0.05, 0) is 46.7 Å². The molecule has 0 saturated heterocycles. The predicted molar refractivity (Wildman–Crippen MR) is 142 cm³/mol. The standard InChI is InChI=1S/C18H17N3O2.C10H11NO5/c1-19-17(22)14-3-2-13-9-15(5-4-12(13)8-14)18(23)6-7-21-11-20-10-16(18)21;12-7(8(13)10(15)16)9(14)11-6-4-2-1-3-5-6/h2-5,8-11,23H,6-7H2,1H3,(H,19,22);1-5,7-8,12-13H,(H,11,14)(H,15,16)/t;7-,8-/m.0/s1. The molecule has 3 aromatic carbocycles. The zero-order valence-electron chi connectivity index (χ0n) is 21.0.